The van der Waals surface area contributed by atoms with Gasteiger partial charge < -0.3 is 0 Å². The summed E-state index contributed by atoms with van der Waals surface area (Å²) in [4.78, 5) is 19.1. The van der Waals surface area contributed by atoms with Crippen molar-refractivity contribution in [1.82, 2.24) is 19.9 Å². The van der Waals surface area contributed by atoms with E-state index < -0.39 is 0 Å². The Morgan fingerprint density at radius 1 is 0.486 bits per heavy atom. The summed E-state index contributed by atoms with van der Waals surface area (Å²) >= 11 is 6.48. The molecule has 0 aliphatic heterocycles. The van der Waals surface area contributed by atoms with E-state index in [4.69, 9.17) is 21.6 Å². The Labute approximate surface area is 205 Å². The van der Waals surface area contributed by atoms with Gasteiger partial charge in [-0.2, -0.15) is 0 Å². The zero-order valence-corrected chi connectivity index (χ0v) is 19.2. The van der Waals surface area contributed by atoms with Crippen molar-refractivity contribution >= 4 is 55.2 Å². The summed E-state index contributed by atoms with van der Waals surface area (Å²) in [5, 5.41) is 4.71. The summed E-state index contributed by atoms with van der Waals surface area (Å²) in [6.07, 6.45) is 3.59. The van der Waals surface area contributed by atoms with Gasteiger partial charge in [-0.05, 0) is 42.5 Å². The number of hydrogen-bond acceptors (Lipinski definition) is 4. The highest BCUT2D eigenvalue weighted by molar-refractivity contribution is 6.37. The predicted molar refractivity (Wildman–Crippen MR) is 144 cm³/mol. The molecule has 0 spiro atoms. The molecule has 4 heterocycles. The SMILES string of the molecule is Clc1cc2ccc(-c3cccc(-c4ccc5ccc6cccnc6c5n4)c3)nc2c2ncccc12. The van der Waals surface area contributed by atoms with E-state index in [1.165, 1.54) is 0 Å². The van der Waals surface area contributed by atoms with Crippen LogP contribution in [0, 0.1) is 0 Å². The Kier molecular flexibility index (Phi) is 4.47. The van der Waals surface area contributed by atoms with Gasteiger partial charge in [-0.1, -0.05) is 60.1 Å². The zero-order valence-electron chi connectivity index (χ0n) is 18.5. The first-order valence-corrected chi connectivity index (χ1v) is 11.7. The minimum absolute atomic E-state index is 0.682. The fourth-order valence-corrected chi connectivity index (χ4v) is 4.93. The Bertz CT molecular complexity index is 1930. The predicted octanol–water partition coefficient (Wildman–Crippen LogP) is 7.87. The van der Waals surface area contributed by atoms with Crippen LogP contribution in [0.1, 0.15) is 0 Å². The lowest BCUT2D eigenvalue weighted by Crippen LogP contribution is -1.91. The third-order valence-electron chi connectivity index (χ3n) is 6.38. The molecule has 0 fully saturated rings. The molecule has 7 aromatic rings. The molecule has 4 aromatic heterocycles. The van der Waals surface area contributed by atoms with Gasteiger partial charge in [-0.25, -0.2) is 9.97 Å². The van der Waals surface area contributed by atoms with Crippen molar-refractivity contribution in [3.05, 3.63) is 108 Å². The van der Waals surface area contributed by atoms with Crippen LogP contribution in [0.3, 0.4) is 0 Å². The first kappa shape index (κ1) is 20.0. The molecule has 0 radical (unpaired) electrons. The maximum absolute atomic E-state index is 6.48. The summed E-state index contributed by atoms with van der Waals surface area (Å²) in [7, 11) is 0. The molecule has 0 aliphatic carbocycles. The van der Waals surface area contributed by atoms with Gasteiger partial charge in [0, 0.05) is 45.1 Å². The number of nitrogens with zero attached hydrogens (tertiary/aromatic N) is 4. The van der Waals surface area contributed by atoms with Gasteiger partial charge in [-0.3, -0.25) is 9.97 Å². The van der Waals surface area contributed by atoms with Gasteiger partial charge >= 0.3 is 0 Å². The largest absolute Gasteiger partial charge is 0.254 e. The van der Waals surface area contributed by atoms with E-state index >= 15 is 0 Å². The molecule has 3 aromatic carbocycles. The molecule has 0 amide bonds. The smallest absolute Gasteiger partial charge is 0.0979 e. The first-order valence-electron chi connectivity index (χ1n) is 11.3. The molecule has 0 atom stereocenters. The normalized spacial score (nSPS) is 11.6. The topological polar surface area (TPSA) is 51.6 Å². The molecule has 0 saturated heterocycles. The molecule has 5 heteroatoms. The molecule has 0 unspecified atom stereocenters. The lowest BCUT2D eigenvalue weighted by atomic mass is 10.0. The monoisotopic (exact) mass is 468 g/mol. The standard InChI is InChI=1S/C30H17ClN4/c31-24-17-22-11-13-26(35-29(22)30-23(24)7-3-15-33-30)21-5-1-4-20(16-21)25-12-10-19-9-8-18-6-2-14-32-27(18)28(19)34-25/h1-17H. The first-order chi connectivity index (χ1) is 17.2. The van der Waals surface area contributed by atoms with Gasteiger partial charge in [-0.15, -0.1) is 0 Å². The highest BCUT2D eigenvalue weighted by Gasteiger charge is 2.11. The number of hydrogen-bond donors (Lipinski definition) is 0. The van der Waals surface area contributed by atoms with Crippen LogP contribution in [0.15, 0.2) is 103 Å². The fraction of sp³-hybridized carbons (Fsp3) is 0. The van der Waals surface area contributed by atoms with E-state index in [1.807, 2.05) is 42.6 Å². The molecule has 0 aliphatic rings. The minimum Gasteiger partial charge on any atom is -0.254 e. The van der Waals surface area contributed by atoms with E-state index in [9.17, 15) is 0 Å². The van der Waals surface area contributed by atoms with E-state index in [2.05, 4.69) is 64.6 Å². The van der Waals surface area contributed by atoms with Gasteiger partial charge in [0.2, 0.25) is 0 Å². The van der Waals surface area contributed by atoms with Gasteiger partial charge in [0.25, 0.3) is 0 Å². The van der Waals surface area contributed by atoms with Crippen LogP contribution < -0.4 is 0 Å². The Balaban J connectivity index is 1.38. The highest BCUT2D eigenvalue weighted by Crippen LogP contribution is 2.32. The maximum Gasteiger partial charge on any atom is 0.0979 e. The van der Waals surface area contributed by atoms with Crippen molar-refractivity contribution in [3.8, 4) is 22.5 Å². The van der Waals surface area contributed by atoms with Crippen molar-refractivity contribution in [2.45, 2.75) is 0 Å². The van der Waals surface area contributed by atoms with E-state index in [0.29, 0.717) is 5.02 Å². The van der Waals surface area contributed by atoms with Crippen LogP contribution in [0.2, 0.25) is 5.02 Å². The van der Waals surface area contributed by atoms with Gasteiger partial charge in [0.05, 0.1) is 38.5 Å². The van der Waals surface area contributed by atoms with Crippen LogP contribution >= 0.6 is 11.6 Å². The van der Waals surface area contributed by atoms with E-state index in [1.54, 1.807) is 6.20 Å². The van der Waals surface area contributed by atoms with Crippen LogP contribution in [-0.2, 0) is 0 Å². The molecule has 0 saturated carbocycles. The van der Waals surface area contributed by atoms with Crippen molar-refractivity contribution in [2.24, 2.45) is 0 Å². The highest BCUT2D eigenvalue weighted by atomic mass is 35.5. The number of pyridine rings is 4. The summed E-state index contributed by atoms with van der Waals surface area (Å²) in [5.74, 6) is 0. The average molecular weight is 469 g/mol. The molecule has 0 N–H and O–H groups in total. The molecule has 164 valence electrons. The van der Waals surface area contributed by atoms with E-state index in [-0.39, 0.29) is 0 Å². The zero-order chi connectivity index (χ0) is 23.4. The van der Waals surface area contributed by atoms with Crippen molar-refractivity contribution in [2.75, 3.05) is 0 Å². The Morgan fingerprint density at radius 3 is 1.86 bits per heavy atom. The third-order valence-corrected chi connectivity index (χ3v) is 6.70. The van der Waals surface area contributed by atoms with E-state index in [0.717, 1.165) is 66.1 Å². The van der Waals surface area contributed by atoms with Crippen molar-refractivity contribution < 1.29 is 0 Å². The molecule has 35 heavy (non-hydrogen) atoms. The number of aromatic nitrogens is 4. The second-order valence-electron chi connectivity index (χ2n) is 8.52. The second-order valence-corrected chi connectivity index (χ2v) is 8.92. The van der Waals surface area contributed by atoms with Crippen LogP contribution in [-0.4, -0.2) is 19.9 Å². The summed E-state index contributed by atoms with van der Waals surface area (Å²) < 4.78 is 0. The minimum atomic E-state index is 0.682. The molecule has 0 bridgehead atoms. The van der Waals surface area contributed by atoms with Gasteiger partial charge in [0.1, 0.15) is 0 Å². The summed E-state index contributed by atoms with van der Waals surface area (Å²) in [6, 6.07) is 30.6. The number of fused-ring (bicyclic) bond motifs is 6. The number of benzene rings is 3. The third kappa shape index (κ3) is 3.30. The second kappa shape index (κ2) is 7.83. The average Bonchev–Trinajstić information content (AvgIpc) is 2.93. The fourth-order valence-electron chi connectivity index (χ4n) is 4.66. The lowest BCUT2D eigenvalue weighted by molar-refractivity contribution is 1.36. The maximum atomic E-state index is 6.48. The van der Waals surface area contributed by atoms with Crippen LogP contribution in [0.25, 0.3) is 66.1 Å². The molecular formula is C30H17ClN4. The molecule has 7 rings (SSSR count). The summed E-state index contributed by atoms with van der Waals surface area (Å²) in [5.41, 5.74) is 7.29. The number of halogens is 1. The molecular weight excluding hydrogens is 452 g/mol. The Hall–Kier alpha value is -4.41. The van der Waals surface area contributed by atoms with Crippen LogP contribution in [0.5, 0.6) is 0 Å². The lowest BCUT2D eigenvalue weighted by Gasteiger charge is -2.09. The van der Waals surface area contributed by atoms with Gasteiger partial charge in [0.15, 0.2) is 0 Å². The van der Waals surface area contributed by atoms with Crippen molar-refractivity contribution in [3.63, 3.8) is 0 Å². The Morgan fingerprint density at radius 2 is 1.09 bits per heavy atom. The number of rotatable bonds is 2. The quantitative estimate of drug-likeness (QED) is 0.242. The summed E-state index contributed by atoms with van der Waals surface area (Å²) in [6.45, 7) is 0. The van der Waals surface area contributed by atoms with Crippen molar-refractivity contribution in [1.29, 1.82) is 0 Å². The molecule has 4 nitrogen and oxygen atoms in total. The van der Waals surface area contributed by atoms with Crippen LogP contribution in [0.4, 0.5) is 0 Å².